The van der Waals surface area contributed by atoms with Crippen molar-refractivity contribution in [3.8, 4) is 0 Å². The lowest BCUT2D eigenvalue weighted by atomic mass is 9.85. The molecule has 0 fully saturated rings. The lowest BCUT2D eigenvalue weighted by Gasteiger charge is -2.24. The molecule has 2 heterocycles. The number of allylic oxidation sites excluding steroid dienone is 2. The van der Waals surface area contributed by atoms with Gasteiger partial charge in [0.1, 0.15) is 0 Å². The van der Waals surface area contributed by atoms with Crippen molar-refractivity contribution in [2.24, 2.45) is 9.98 Å². The number of aryl methyl sites for hydroxylation is 1. The zero-order valence-corrected chi connectivity index (χ0v) is 16.4. The van der Waals surface area contributed by atoms with Gasteiger partial charge in [0.15, 0.2) is 0 Å². The highest BCUT2D eigenvalue weighted by molar-refractivity contribution is 6.28. The van der Waals surface area contributed by atoms with E-state index < -0.39 is 0 Å². The molecule has 0 aromatic heterocycles. The zero-order valence-electron chi connectivity index (χ0n) is 16.4. The fourth-order valence-corrected chi connectivity index (χ4v) is 4.86. The third-order valence-corrected chi connectivity index (χ3v) is 6.22. The van der Waals surface area contributed by atoms with E-state index >= 15 is 0 Å². The van der Waals surface area contributed by atoms with E-state index in [1.165, 1.54) is 50.9 Å². The SMILES string of the molecule is C1=C2CCCN=C2c2ccccc2C1=Nc1cc2c(c3ccccc13)NCCC2. The van der Waals surface area contributed by atoms with Crippen LogP contribution in [-0.4, -0.2) is 24.5 Å². The summed E-state index contributed by atoms with van der Waals surface area (Å²) in [7, 11) is 0. The van der Waals surface area contributed by atoms with Crippen LogP contribution in [0.3, 0.4) is 0 Å². The van der Waals surface area contributed by atoms with Crippen molar-refractivity contribution < 1.29 is 0 Å². The van der Waals surface area contributed by atoms with Crippen LogP contribution in [0.25, 0.3) is 10.8 Å². The summed E-state index contributed by atoms with van der Waals surface area (Å²) < 4.78 is 0. The first-order valence-electron chi connectivity index (χ1n) is 10.6. The van der Waals surface area contributed by atoms with Gasteiger partial charge in [-0.25, -0.2) is 4.99 Å². The van der Waals surface area contributed by atoms with Crippen molar-refractivity contribution in [3.05, 3.63) is 82.9 Å². The van der Waals surface area contributed by atoms with Gasteiger partial charge in [-0.05, 0) is 49.0 Å². The predicted molar refractivity (Wildman–Crippen MR) is 122 cm³/mol. The van der Waals surface area contributed by atoms with Gasteiger partial charge in [-0.1, -0.05) is 48.5 Å². The minimum atomic E-state index is 0.927. The summed E-state index contributed by atoms with van der Waals surface area (Å²) in [6.45, 7) is 1.97. The summed E-state index contributed by atoms with van der Waals surface area (Å²) in [5, 5.41) is 6.11. The highest BCUT2D eigenvalue weighted by atomic mass is 14.9. The summed E-state index contributed by atoms with van der Waals surface area (Å²) in [4.78, 5) is 10.1. The molecule has 0 unspecified atom stereocenters. The summed E-state index contributed by atoms with van der Waals surface area (Å²) >= 11 is 0. The number of hydrogen-bond donors (Lipinski definition) is 1. The van der Waals surface area contributed by atoms with Gasteiger partial charge in [-0.3, -0.25) is 4.99 Å². The molecule has 0 atom stereocenters. The molecule has 3 aliphatic rings. The Hall–Kier alpha value is -3.20. The Morgan fingerprint density at radius 1 is 0.862 bits per heavy atom. The minimum Gasteiger partial charge on any atom is -0.384 e. The first-order chi connectivity index (χ1) is 14.4. The van der Waals surface area contributed by atoms with Gasteiger partial charge in [-0.15, -0.1) is 0 Å². The van der Waals surface area contributed by atoms with E-state index in [4.69, 9.17) is 9.98 Å². The highest BCUT2D eigenvalue weighted by Crippen LogP contribution is 2.38. The first-order valence-corrected chi connectivity index (χ1v) is 10.6. The molecule has 6 rings (SSSR count). The van der Waals surface area contributed by atoms with Crippen LogP contribution in [0, 0.1) is 0 Å². The second kappa shape index (κ2) is 6.70. The van der Waals surface area contributed by atoms with E-state index in [0.29, 0.717) is 0 Å². The predicted octanol–water partition coefficient (Wildman–Crippen LogP) is 5.84. The Morgan fingerprint density at radius 2 is 1.69 bits per heavy atom. The number of rotatable bonds is 1. The lowest BCUT2D eigenvalue weighted by molar-refractivity contribution is 0.815. The summed E-state index contributed by atoms with van der Waals surface area (Å²) in [6, 6.07) is 19.5. The normalized spacial score (nSPS) is 19.0. The van der Waals surface area contributed by atoms with Gasteiger partial charge >= 0.3 is 0 Å². The standard InChI is InChI=1S/C26H23N3/c1-3-11-21-19(9-1)23(15-17-7-5-13-27-25(17)21)29-24-16-18-8-6-14-28-26(18)22-12-4-2-10-20(22)24/h1-4,9-12,15-16,27H,5-8,13-14H2. The molecule has 0 saturated carbocycles. The largest absolute Gasteiger partial charge is 0.384 e. The molecule has 0 bridgehead atoms. The van der Waals surface area contributed by atoms with Gasteiger partial charge in [0, 0.05) is 40.7 Å². The molecule has 3 aromatic rings. The number of fused-ring (bicyclic) bond motifs is 6. The van der Waals surface area contributed by atoms with E-state index in [2.05, 4.69) is 66.0 Å². The second-order valence-corrected chi connectivity index (χ2v) is 8.05. The monoisotopic (exact) mass is 377 g/mol. The number of aliphatic imine (C=N–C) groups is 2. The van der Waals surface area contributed by atoms with Crippen LogP contribution in [0.4, 0.5) is 11.4 Å². The molecule has 0 radical (unpaired) electrons. The van der Waals surface area contributed by atoms with Crippen molar-refractivity contribution >= 4 is 33.6 Å². The second-order valence-electron chi connectivity index (χ2n) is 8.05. The van der Waals surface area contributed by atoms with Crippen LogP contribution in [0.15, 0.2) is 76.2 Å². The Morgan fingerprint density at radius 3 is 2.62 bits per heavy atom. The Bertz CT molecular complexity index is 1230. The molecule has 3 aromatic carbocycles. The van der Waals surface area contributed by atoms with Crippen molar-refractivity contribution in [1.29, 1.82) is 0 Å². The van der Waals surface area contributed by atoms with Crippen molar-refractivity contribution in [3.63, 3.8) is 0 Å². The molecule has 0 amide bonds. The topological polar surface area (TPSA) is 36.8 Å². The maximum atomic E-state index is 5.24. The van der Waals surface area contributed by atoms with Gasteiger partial charge < -0.3 is 5.32 Å². The van der Waals surface area contributed by atoms with Gasteiger partial charge in [-0.2, -0.15) is 0 Å². The van der Waals surface area contributed by atoms with Crippen LogP contribution in [0.2, 0.25) is 0 Å². The molecule has 1 N–H and O–H groups in total. The summed E-state index contributed by atoms with van der Waals surface area (Å²) in [5.74, 6) is 0. The van der Waals surface area contributed by atoms with Crippen LogP contribution >= 0.6 is 0 Å². The Balaban J connectivity index is 1.59. The smallest absolute Gasteiger partial charge is 0.0719 e. The molecule has 3 heteroatoms. The maximum Gasteiger partial charge on any atom is 0.0719 e. The third-order valence-electron chi connectivity index (χ3n) is 6.22. The van der Waals surface area contributed by atoms with Gasteiger partial charge in [0.25, 0.3) is 0 Å². The highest BCUT2D eigenvalue weighted by Gasteiger charge is 2.24. The van der Waals surface area contributed by atoms with Crippen molar-refractivity contribution in [2.45, 2.75) is 25.7 Å². The van der Waals surface area contributed by atoms with Gasteiger partial charge in [0.05, 0.1) is 17.1 Å². The molecule has 3 nitrogen and oxygen atoms in total. The van der Waals surface area contributed by atoms with Crippen molar-refractivity contribution in [2.75, 3.05) is 18.4 Å². The number of nitrogens with one attached hydrogen (secondary N) is 1. The maximum absolute atomic E-state index is 5.24. The van der Waals surface area contributed by atoms with Crippen LogP contribution in [-0.2, 0) is 6.42 Å². The molecule has 1 aliphatic carbocycles. The van der Waals surface area contributed by atoms with Crippen molar-refractivity contribution in [1.82, 2.24) is 0 Å². The Kier molecular flexibility index (Phi) is 3.86. The summed E-state index contributed by atoms with van der Waals surface area (Å²) in [5.41, 5.74) is 9.73. The van der Waals surface area contributed by atoms with Gasteiger partial charge in [0.2, 0.25) is 0 Å². The minimum absolute atomic E-state index is 0.927. The average molecular weight is 377 g/mol. The molecular weight excluding hydrogens is 354 g/mol. The lowest BCUT2D eigenvalue weighted by Crippen LogP contribution is -2.21. The zero-order chi connectivity index (χ0) is 19.2. The van der Waals surface area contributed by atoms with Crippen LogP contribution < -0.4 is 5.32 Å². The molecule has 0 saturated heterocycles. The summed E-state index contributed by atoms with van der Waals surface area (Å²) in [6.07, 6.45) is 6.76. The van der Waals surface area contributed by atoms with E-state index in [0.717, 1.165) is 43.8 Å². The molecular formula is C26H23N3. The number of benzene rings is 3. The average Bonchev–Trinajstić information content (AvgIpc) is 2.79. The fourth-order valence-electron chi connectivity index (χ4n) is 4.86. The van der Waals surface area contributed by atoms with E-state index in [9.17, 15) is 0 Å². The van der Waals surface area contributed by atoms with Crippen LogP contribution in [0.1, 0.15) is 36.0 Å². The number of hydrogen-bond acceptors (Lipinski definition) is 3. The molecule has 142 valence electrons. The van der Waals surface area contributed by atoms with Crippen LogP contribution in [0.5, 0.6) is 0 Å². The molecule has 29 heavy (non-hydrogen) atoms. The third kappa shape index (κ3) is 2.72. The molecule has 0 spiro atoms. The van der Waals surface area contributed by atoms with E-state index in [1.54, 1.807) is 0 Å². The first kappa shape index (κ1) is 16.7. The quantitative estimate of drug-likeness (QED) is 0.568. The Labute approximate surface area is 170 Å². The van der Waals surface area contributed by atoms with E-state index in [1.807, 2.05) is 0 Å². The van der Waals surface area contributed by atoms with E-state index in [-0.39, 0.29) is 0 Å². The number of anilines is 1. The molecule has 2 aliphatic heterocycles. The fraction of sp³-hybridized carbons (Fsp3) is 0.231. The number of nitrogens with zero attached hydrogens (tertiary/aromatic N) is 2.